The number of unbranched alkanes of at least 4 members (excludes halogenated alkanes) is 2. The van der Waals surface area contributed by atoms with E-state index in [1.54, 1.807) is 0 Å². The second kappa shape index (κ2) is 6.55. The minimum Gasteiger partial charge on any atom is -0.225 e. The van der Waals surface area contributed by atoms with Crippen molar-refractivity contribution in [2.75, 3.05) is 6.54 Å². The van der Waals surface area contributed by atoms with Crippen LogP contribution in [0.1, 0.15) is 19.3 Å². The molecule has 0 aliphatic rings. The summed E-state index contributed by atoms with van der Waals surface area (Å²) in [6, 6.07) is 0. The molecule has 0 aliphatic heterocycles. The highest BCUT2D eigenvalue weighted by atomic mass is 35.5. The molecule has 0 saturated heterocycles. The maximum absolute atomic E-state index is 11.7. The van der Waals surface area contributed by atoms with Crippen molar-refractivity contribution in [2.45, 2.75) is 24.2 Å². The molecule has 17 heavy (non-hydrogen) atoms. The lowest BCUT2D eigenvalue weighted by molar-refractivity contribution is 0.576. The Bertz CT molecular complexity index is 493. The summed E-state index contributed by atoms with van der Waals surface area (Å²) in [6.45, 7) is 0.340. The minimum absolute atomic E-state index is 0.00106. The van der Waals surface area contributed by atoms with Gasteiger partial charge in [0.15, 0.2) is 0 Å². The van der Waals surface area contributed by atoms with Crippen molar-refractivity contribution in [1.29, 1.82) is 0 Å². The van der Waals surface area contributed by atoms with E-state index < -0.39 is 10.0 Å². The Morgan fingerprint density at radius 2 is 2.00 bits per heavy atom. The second-order valence-corrected chi connectivity index (χ2v) is 5.35. The zero-order valence-electron chi connectivity index (χ0n) is 9.06. The SMILES string of the molecule is C#CCCCCNS(=O)(=O)c1cnc(Cl)nc1. The number of halogens is 1. The summed E-state index contributed by atoms with van der Waals surface area (Å²) >= 11 is 5.47. The average molecular weight is 274 g/mol. The van der Waals surface area contributed by atoms with E-state index in [9.17, 15) is 8.42 Å². The molecule has 0 bridgehead atoms. The van der Waals surface area contributed by atoms with Crippen molar-refractivity contribution in [2.24, 2.45) is 0 Å². The lowest BCUT2D eigenvalue weighted by atomic mass is 10.2. The van der Waals surface area contributed by atoms with Gasteiger partial charge >= 0.3 is 0 Å². The highest BCUT2D eigenvalue weighted by Gasteiger charge is 2.13. The summed E-state index contributed by atoms with van der Waals surface area (Å²) in [6.07, 6.45) is 9.54. The predicted molar refractivity (Wildman–Crippen MR) is 64.9 cm³/mol. The Balaban J connectivity index is 2.52. The largest absolute Gasteiger partial charge is 0.243 e. The molecule has 1 aromatic rings. The first kappa shape index (κ1) is 13.9. The van der Waals surface area contributed by atoms with Crippen LogP contribution in [0.5, 0.6) is 0 Å². The molecule has 0 radical (unpaired) electrons. The van der Waals surface area contributed by atoms with Crippen LogP contribution in [0.25, 0.3) is 0 Å². The van der Waals surface area contributed by atoms with E-state index in [0.29, 0.717) is 19.4 Å². The van der Waals surface area contributed by atoms with Crippen LogP contribution in [0.4, 0.5) is 0 Å². The van der Waals surface area contributed by atoms with Gasteiger partial charge in [-0.1, -0.05) is 0 Å². The molecule has 1 heterocycles. The number of hydrogen-bond donors (Lipinski definition) is 1. The molecule has 0 atom stereocenters. The summed E-state index contributed by atoms with van der Waals surface area (Å²) in [5.41, 5.74) is 0. The van der Waals surface area contributed by atoms with Gasteiger partial charge < -0.3 is 0 Å². The molecular weight excluding hydrogens is 262 g/mol. The highest BCUT2D eigenvalue weighted by molar-refractivity contribution is 7.89. The van der Waals surface area contributed by atoms with Crippen molar-refractivity contribution >= 4 is 21.6 Å². The van der Waals surface area contributed by atoms with E-state index in [0.717, 1.165) is 6.42 Å². The standard InChI is InChI=1S/C10H12ClN3O2S/c1-2-3-4-5-6-14-17(15,16)9-7-12-10(11)13-8-9/h1,7-8,14H,3-6H2. The smallest absolute Gasteiger partial charge is 0.225 e. The number of terminal acetylenes is 1. The van der Waals surface area contributed by atoms with Crippen molar-refractivity contribution in [1.82, 2.24) is 14.7 Å². The number of aromatic nitrogens is 2. The third-order valence-electron chi connectivity index (χ3n) is 1.95. The molecule has 0 saturated carbocycles. The van der Waals surface area contributed by atoms with Gasteiger partial charge in [0, 0.05) is 13.0 Å². The molecule has 92 valence electrons. The van der Waals surface area contributed by atoms with Crippen LogP contribution < -0.4 is 4.72 Å². The second-order valence-electron chi connectivity index (χ2n) is 3.25. The van der Waals surface area contributed by atoms with E-state index in [1.807, 2.05) is 0 Å². The highest BCUT2D eigenvalue weighted by Crippen LogP contribution is 2.07. The van der Waals surface area contributed by atoms with Gasteiger partial charge in [-0.2, -0.15) is 0 Å². The van der Waals surface area contributed by atoms with Crippen molar-refractivity contribution in [3.05, 3.63) is 17.7 Å². The minimum atomic E-state index is -3.55. The zero-order chi connectivity index (χ0) is 12.7. The summed E-state index contributed by atoms with van der Waals surface area (Å²) in [4.78, 5) is 7.22. The van der Waals surface area contributed by atoms with Crippen LogP contribution >= 0.6 is 11.6 Å². The van der Waals surface area contributed by atoms with Crippen molar-refractivity contribution in [3.63, 3.8) is 0 Å². The average Bonchev–Trinajstić information content (AvgIpc) is 2.29. The van der Waals surface area contributed by atoms with E-state index >= 15 is 0 Å². The maximum atomic E-state index is 11.7. The summed E-state index contributed by atoms with van der Waals surface area (Å²) in [5, 5.41) is 0.0120. The Kier molecular flexibility index (Phi) is 5.35. The summed E-state index contributed by atoms with van der Waals surface area (Å²) in [5.74, 6) is 2.49. The van der Waals surface area contributed by atoms with Gasteiger partial charge in [0.05, 0.1) is 12.4 Å². The molecule has 0 aromatic carbocycles. The quantitative estimate of drug-likeness (QED) is 0.480. The number of nitrogens with zero attached hydrogens (tertiary/aromatic N) is 2. The Hall–Kier alpha value is -1.16. The topological polar surface area (TPSA) is 72.0 Å². The van der Waals surface area contributed by atoms with E-state index in [-0.39, 0.29) is 10.2 Å². The third-order valence-corrected chi connectivity index (χ3v) is 3.56. The fourth-order valence-corrected chi connectivity index (χ4v) is 2.14. The summed E-state index contributed by atoms with van der Waals surface area (Å²) < 4.78 is 25.8. The Morgan fingerprint density at radius 3 is 2.59 bits per heavy atom. The van der Waals surface area contributed by atoms with Crippen LogP contribution in [-0.2, 0) is 10.0 Å². The van der Waals surface area contributed by atoms with Gasteiger partial charge in [0.2, 0.25) is 15.3 Å². The zero-order valence-corrected chi connectivity index (χ0v) is 10.6. The number of nitrogens with one attached hydrogen (secondary N) is 1. The number of hydrogen-bond acceptors (Lipinski definition) is 4. The number of rotatable bonds is 6. The molecular formula is C10H12ClN3O2S. The molecule has 0 fully saturated rings. The normalized spacial score (nSPS) is 11.1. The Labute approximate surface area is 106 Å². The van der Waals surface area contributed by atoms with Gasteiger partial charge in [-0.05, 0) is 24.4 Å². The molecule has 1 N–H and O–H groups in total. The lowest BCUT2D eigenvalue weighted by Gasteiger charge is -2.05. The summed E-state index contributed by atoms with van der Waals surface area (Å²) in [7, 11) is -3.55. The van der Waals surface area contributed by atoms with Gasteiger partial charge in [0.1, 0.15) is 4.90 Å². The van der Waals surface area contributed by atoms with Crippen LogP contribution in [0.2, 0.25) is 5.28 Å². The first-order chi connectivity index (χ1) is 8.06. The van der Waals surface area contributed by atoms with Gasteiger partial charge in [0.25, 0.3) is 0 Å². The fourth-order valence-electron chi connectivity index (χ4n) is 1.08. The lowest BCUT2D eigenvalue weighted by Crippen LogP contribution is -2.25. The first-order valence-electron chi connectivity index (χ1n) is 4.97. The van der Waals surface area contributed by atoms with Gasteiger partial charge in [-0.25, -0.2) is 23.1 Å². The predicted octanol–water partition coefficient (Wildman–Crippen LogP) is 1.21. The van der Waals surface area contributed by atoms with Gasteiger partial charge in [-0.15, -0.1) is 12.3 Å². The monoisotopic (exact) mass is 273 g/mol. The van der Waals surface area contributed by atoms with Crippen LogP contribution in [-0.4, -0.2) is 24.9 Å². The van der Waals surface area contributed by atoms with Gasteiger partial charge in [-0.3, -0.25) is 0 Å². The molecule has 0 amide bonds. The molecule has 0 unspecified atom stereocenters. The fraction of sp³-hybridized carbons (Fsp3) is 0.400. The van der Waals surface area contributed by atoms with Crippen molar-refractivity contribution < 1.29 is 8.42 Å². The molecule has 7 heteroatoms. The van der Waals surface area contributed by atoms with E-state index in [1.165, 1.54) is 12.4 Å². The maximum Gasteiger partial charge on any atom is 0.243 e. The van der Waals surface area contributed by atoms with Crippen LogP contribution in [0, 0.1) is 12.3 Å². The van der Waals surface area contributed by atoms with E-state index in [2.05, 4.69) is 20.6 Å². The molecule has 5 nitrogen and oxygen atoms in total. The van der Waals surface area contributed by atoms with Crippen LogP contribution in [0.15, 0.2) is 17.3 Å². The molecule has 1 aromatic heterocycles. The van der Waals surface area contributed by atoms with E-state index in [4.69, 9.17) is 18.0 Å². The number of sulfonamides is 1. The Morgan fingerprint density at radius 1 is 1.35 bits per heavy atom. The molecule has 1 rings (SSSR count). The van der Waals surface area contributed by atoms with Crippen LogP contribution in [0.3, 0.4) is 0 Å². The molecule has 0 aliphatic carbocycles. The molecule has 0 spiro atoms. The van der Waals surface area contributed by atoms with Crippen molar-refractivity contribution in [3.8, 4) is 12.3 Å². The first-order valence-corrected chi connectivity index (χ1v) is 6.83. The third kappa shape index (κ3) is 4.69.